The van der Waals surface area contributed by atoms with Gasteiger partial charge in [-0.3, -0.25) is 5.32 Å². The van der Waals surface area contributed by atoms with Gasteiger partial charge in [0.05, 0.1) is 17.9 Å². The van der Waals surface area contributed by atoms with Gasteiger partial charge in [0.15, 0.2) is 0 Å². The molecule has 0 saturated heterocycles. The molecule has 2 aromatic heterocycles. The lowest BCUT2D eigenvalue weighted by atomic mass is 10.2. The minimum Gasteiger partial charge on any atom is -0.406 e. The lowest BCUT2D eigenvalue weighted by molar-refractivity contribution is 0.510. The van der Waals surface area contributed by atoms with Crippen LogP contribution in [-0.2, 0) is 19.4 Å². The van der Waals surface area contributed by atoms with Crippen molar-refractivity contribution in [1.29, 1.82) is 0 Å². The van der Waals surface area contributed by atoms with Crippen molar-refractivity contribution >= 4 is 12.0 Å². The predicted octanol–water partition coefficient (Wildman–Crippen LogP) is 0.582. The summed E-state index contributed by atoms with van der Waals surface area (Å²) in [5.41, 5.74) is 7.18. The van der Waals surface area contributed by atoms with Crippen LogP contribution < -0.4 is 11.1 Å². The number of nitrogens with one attached hydrogen (secondary N) is 1. The molecule has 0 unspecified atom stereocenters. The second kappa shape index (κ2) is 5.50. The van der Waals surface area contributed by atoms with Crippen LogP contribution in [0.4, 0.5) is 12.0 Å². The van der Waals surface area contributed by atoms with Crippen molar-refractivity contribution in [1.82, 2.24) is 25.4 Å². The summed E-state index contributed by atoms with van der Waals surface area (Å²) < 4.78 is 5.20. The third-order valence-electron chi connectivity index (χ3n) is 2.37. The Kier molecular flexibility index (Phi) is 3.78. The van der Waals surface area contributed by atoms with Crippen molar-refractivity contribution in [2.24, 2.45) is 5.73 Å². The molecule has 8 nitrogen and oxygen atoms in total. The van der Waals surface area contributed by atoms with Gasteiger partial charge in [-0.1, -0.05) is 18.9 Å². The van der Waals surface area contributed by atoms with Crippen molar-refractivity contribution < 1.29 is 4.42 Å². The van der Waals surface area contributed by atoms with Gasteiger partial charge < -0.3 is 10.2 Å². The summed E-state index contributed by atoms with van der Waals surface area (Å²) in [6.45, 7) is 4.23. The molecule has 0 aliphatic carbocycles. The summed E-state index contributed by atoms with van der Waals surface area (Å²) >= 11 is 0. The van der Waals surface area contributed by atoms with Crippen LogP contribution in [0.2, 0.25) is 0 Å². The Morgan fingerprint density at radius 1 is 1.06 bits per heavy atom. The summed E-state index contributed by atoms with van der Waals surface area (Å²) in [6, 6.07) is 0.212. The molecule has 8 heteroatoms. The van der Waals surface area contributed by atoms with Gasteiger partial charge in [-0.15, -0.1) is 15.3 Å². The first-order valence-electron chi connectivity index (χ1n) is 5.78. The Morgan fingerprint density at radius 2 is 1.83 bits per heavy atom. The first-order chi connectivity index (χ1) is 8.76. The molecule has 2 aromatic rings. The Bertz CT molecular complexity index is 525. The summed E-state index contributed by atoms with van der Waals surface area (Å²) in [5, 5.41) is 18.4. The van der Waals surface area contributed by atoms with E-state index in [9.17, 15) is 0 Å². The van der Waals surface area contributed by atoms with E-state index in [2.05, 4.69) is 30.7 Å². The Labute approximate surface area is 104 Å². The third-order valence-corrected chi connectivity index (χ3v) is 2.37. The summed E-state index contributed by atoms with van der Waals surface area (Å²) in [5.74, 6) is 0.697. The van der Waals surface area contributed by atoms with Crippen molar-refractivity contribution in [3.8, 4) is 0 Å². The normalized spacial score (nSPS) is 10.6. The zero-order valence-corrected chi connectivity index (χ0v) is 10.3. The van der Waals surface area contributed by atoms with Crippen LogP contribution in [0.3, 0.4) is 0 Å². The van der Waals surface area contributed by atoms with Gasteiger partial charge in [0.25, 0.3) is 5.95 Å². The highest BCUT2D eigenvalue weighted by atomic mass is 16.4. The summed E-state index contributed by atoms with van der Waals surface area (Å²) in [4.78, 5) is 4.35. The maximum atomic E-state index is 5.37. The molecule has 0 atom stereocenters. The molecule has 2 heterocycles. The van der Waals surface area contributed by atoms with E-state index in [0.717, 1.165) is 24.2 Å². The fourth-order valence-corrected chi connectivity index (χ4v) is 1.47. The Hall–Kier alpha value is -2.09. The van der Waals surface area contributed by atoms with Crippen molar-refractivity contribution in [3.05, 3.63) is 17.3 Å². The third kappa shape index (κ3) is 2.59. The lowest BCUT2D eigenvalue weighted by Gasteiger charge is -2.04. The van der Waals surface area contributed by atoms with E-state index in [1.54, 1.807) is 0 Å². The maximum Gasteiger partial charge on any atom is 0.322 e. The SMILES string of the molecule is CCc1nnc(Nc2nnc(CN)o2)nc1CC. The average Bonchev–Trinajstić information content (AvgIpc) is 2.86. The maximum absolute atomic E-state index is 5.37. The standard InChI is InChI=1S/C10H15N7O/c1-3-6-7(4-2)14-16-9(12-6)13-10-17-15-8(5-11)18-10/h3-5,11H2,1-2H3,(H,12,13,16,17). The number of rotatable bonds is 5. The van der Waals surface area contributed by atoms with E-state index < -0.39 is 0 Å². The van der Waals surface area contributed by atoms with E-state index in [1.165, 1.54) is 0 Å². The lowest BCUT2D eigenvalue weighted by Crippen LogP contribution is -2.06. The Morgan fingerprint density at radius 3 is 2.44 bits per heavy atom. The van der Waals surface area contributed by atoms with Crippen LogP contribution in [-0.4, -0.2) is 25.4 Å². The number of nitrogens with zero attached hydrogens (tertiary/aromatic N) is 5. The first-order valence-corrected chi connectivity index (χ1v) is 5.78. The topological polar surface area (TPSA) is 116 Å². The quantitative estimate of drug-likeness (QED) is 0.790. The summed E-state index contributed by atoms with van der Waals surface area (Å²) in [6.07, 6.45) is 1.60. The molecule has 0 radical (unpaired) electrons. The zero-order valence-electron chi connectivity index (χ0n) is 10.3. The highest BCUT2D eigenvalue weighted by Gasteiger charge is 2.09. The molecular weight excluding hydrogens is 234 g/mol. The van der Waals surface area contributed by atoms with Gasteiger partial charge in [0.2, 0.25) is 5.89 Å². The summed E-state index contributed by atoms with van der Waals surface area (Å²) in [7, 11) is 0. The number of aryl methyl sites for hydroxylation is 2. The molecule has 18 heavy (non-hydrogen) atoms. The van der Waals surface area contributed by atoms with E-state index in [4.69, 9.17) is 10.2 Å². The number of aromatic nitrogens is 5. The minimum atomic E-state index is 0.197. The molecule has 0 aliphatic rings. The highest BCUT2D eigenvalue weighted by molar-refractivity contribution is 5.39. The van der Waals surface area contributed by atoms with Gasteiger partial charge in [0, 0.05) is 0 Å². The van der Waals surface area contributed by atoms with E-state index >= 15 is 0 Å². The second-order valence-corrected chi connectivity index (χ2v) is 3.57. The number of hydrogen-bond acceptors (Lipinski definition) is 8. The van der Waals surface area contributed by atoms with Crippen LogP contribution in [0.15, 0.2) is 4.42 Å². The van der Waals surface area contributed by atoms with Gasteiger partial charge in [-0.2, -0.15) is 0 Å². The van der Waals surface area contributed by atoms with Crippen molar-refractivity contribution in [2.45, 2.75) is 33.2 Å². The molecule has 96 valence electrons. The fourth-order valence-electron chi connectivity index (χ4n) is 1.47. The molecule has 0 spiro atoms. The molecule has 0 saturated carbocycles. The molecule has 0 bridgehead atoms. The monoisotopic (exact) mass is 249 g/mol. The van der Waals surface area contributed by atoms with Crippen LogP contribution in [0, 0.1) is 0 Å². The zero-order chi connectivity index (χ0) is 13.0. The molecule has 3 N–H and O–H groups in total. The number of hydrogen-bond donors (Lipinski definition) is 2. The van der Waals surface area contributed by atoms with Crippen LogP contribution >= 0.6 is 0 Å². The number of nitrogens with two attached hydrogens (primary N) is 1. The molecule has 2 rings (SSSR count). The molecular formula is C10H15N7O. The average molecular weight is 249 g/mol. The van der Waals surface area contributed by atoms with E-state index in [0.29, 0.717) is 11.8 Å². The fraction of sp³-hybridized carbons (Fsp3) is 0.500. The number of anilines is 2. The van der Waals surface area contributed by atoms with E-state index in [-0.39, 0.29) is 12.6 Å². The molecule has 0 fully saturated rings. The van der Waals surface area contributed by atoms with Crippen LogP contribution in [0.5, 0.6) is 0 Å². The molecule has 0 amide bonds. The van der Waals surface area contributed by atoms with Crippen LogP contribution in [0.25, 0.3) is 0 Å². The Balaban J connectivity index is 2.18. The second-order valence-electron chi connectivity index (χ2n) is 3.57. The van der Waals surface area contributed by atoms with Crippen LogP contribution in [0.1, 0.15) is 31.1 Å². The predicted molar refractivity (Wildman–Crippen MR) is 64.1 cm³/mol. The van der Waals surface area contributed by atoms with E-state index in [1.807, 2.05) is 13.8 Å². The van der Waals surface area contributed by atoms with Gasteiger partial charge >= 0.3 is 6.01 Å². The molecule has 0 aliphatic heterocycles. The van der Waals surface area contributed by atoms with Crippen molar-refractivity contribution in [2.75, 3.05) is 5.32 Å². The minimum absolute atomic E-state index is 0.197. The van der Waals surface area contributed by atoms with Gasteiger partial charge in [0.1, 0.15) is 0 Å². The van der Waals surface area contributed by atoms with Gasteiger partial charge in [-0.05, 0) is 12.8 Å². The van der Waals surface area contributed by atoms with Crippen molar-refractivity contribution in [3.63, 3.8) is 0 Å². The largest absolute Gasteiger partial charge is 0.406 e. The smallest absolute Gasteiger partial charge is 0.322 e. The van der Waals surface area contributed by atoms with Gasteiger partial charge in [-0.25, -0.2) is 4.98 Å². The molecule has 0 aromatic carbocycles. The first kappa shape index (κ1) is 12.4. The highest BCUT2D eigenvalue weighted by Crippen LogP contribution is 2.12.